The van der Waals surface area contributed by atoms with E-state index in [1.807, 2.05) is 0 Å². The van der Waals surface area contributed by atoms with Crippen LogP contribution in [0.3, 0.4) is 0 Å². The number of aliphatic hydroxyl groups is 1. The lowest BCUT2D eigenvalue weighted by molar-refractivity contribution is -0.141. The highest BCUT2D eigenvalue weighted by molar-refractivity contribution is 6.33. The number of nitrogens with one attached hydrogen (secondary N) is 1. The molecule has 0 saturated carbocycles. The topological polar surface area (TPSA) is 122 Å². The molecule has 5 N–H and O–H groups in total. The van der Waals surface area contributed by atoms with Crippen molar-refractivity contribution < 1.29 is 24.5 Å². The number of rotatable bonds is 4. The Morgan fingerprint density at radius 3 is 2.45 bits per heavy atom. The molecule has 0 bridgehead atoms. The minimum absolute atomic E-state index is 0.185. The fraction of sp³-hybridized carbons (Fsp3) is 0.429. The van der Waals surface area contributed by atoms with Gasteiger partial charge >= 0.3 is 12.1 Å². The average Bonchev–Trinajstić information content (AvgIpc) is 2.37. The first-order valence-electron chi connectivity index (χ1n) is 6.47. The number of amides is 1. The molecule has 0 fully saturated rings. The molecule has 8 heteroatoms. The van der Waals surface area contributed by atoms with Gasteiger partial charge in [0.15, 0.2) is 0 Å². The Bertz CT molecular complexity index is 571. The Morgan fingerprint density at radius 1 is 1.36 bits per heavy atom. The smallest absolute Gasteiger partial charge is 0.412 e. The lowest BCUT2D eigenvalue weighted by Gasteiger charge is -2.21. The summed E-state index contributed by atoms with van der Waals surface area (Å²) >= 11 is 5.96. The summed E-state index contributed by atoms with van der Waals surface area (Å²) in [7, 11) is 0. The molecular formula is C14H19ClN2O5. The van der Waals surface area contributed by atoms with Crippen LogP contribution in [-0.4, -0.2) is 33.9 Å². The number of ether oxygens (including phenoxy) is 1. The summed E-state index contributed by atoms with van der Waals surface area (Å²) in [6.45, 7) is 5.13. The molecule has 2 unspecified atom stereocenters. The molecule has 122 valence electrons. The third kappa shape index (κ3) is 5.18. The number of halogens is 1. The van der Waals surface area contributed by atoms with Gasteiger partial charge in [0.2, 0.25) is 0 Å². The minimum atomic E-state index is -1.49. The van der Waals surface area contributed by atoms with Gasteiger partial charge in [0.25, 0.3) is 0 Å². The second-order valence-corrected chi connectivity index (χ2v) is 6.08. The molecule has 0 spiro atoms. The third-order valence-electron chi connectivity index (χ3n) is 2.59. The van der Waals surface area contributed by atoms with E-state index in [1.165, 1.54) is 18.2 Å². The van der Waals surface area contributed by atoms with E-state index in [-0.39, 0.29) is 16.3 Å². The molecule has 0 aromatic heterocycles. The molecule has 0 aliphatic heterocycles. The third-order valence-corrected chi connectivity index (χ3v) is 2.92. The van der Waals surface area contributed by atoms with Gasteiger partial charge in [-0.1, -0.05) is 17.7 Å². The van der Waals surface area contributed by atoms with E-state index in [9.17, 15) is 14.7 Å². The zero-order valence-corrected chi connectivity index (χ0v) is 13.2. The Labute approximate surface area is 133 Å². The number of aliphatic carboxylic acids is 1. The van der Waals surface area contributed by atoms with E-state index in [1.54, 1.807) is 20.8 Å². The molecule has 1 aromatic rings. The summed E-state index contributed by atoms with van der Waals surface area (Å²) in [6, 6.07) is 2.70. The predicted molar refractivity (Wildman–Crippen MR) is 81.9 cm³/mol. The summed E-state index contributed by atoms with van der Waals surface area (Å²) in [5.74, 6) is -1.34. The van der Waals surface area contributed by atoms with Crippen molar-refractivity contribution in [2.45, 2.75) is 38.5 Å². The number of hydrogen-bond acceptors (Lipinski definition) is 5. The van der Waals surface area contributed by atoms with E-state index < -0.39 is 29.8 Å². The highest BCUT2D eigenvalue weighted by atomic mass is 35.5. The summed E-state index contributed by atoms with van der Waals surface area (Å²) in [6.07, 6.45) is -2.16. The van der Waals surface area contributed by atoms with Crippen molar-refractivity contribution in [2.75, 3.05) is 5.32 Å². The van der Waals surface area contributed by atoms with Gasteiger partial charge in [-0.2, -0.15) is 0 Å². The number of carboxylic acids is 1. The van der Waals surface area contributed by atoms with Crippen molar-refractivity contribution in [3.63, 3.8) is 0 Å². The summed E-state index contributed by atoms with van der Waals surface area (Å²) in [5.41, 5.74) is 5.09. The number of hydrogen-bond donors (Lipinski definition) is 4. The molecule has 1 rings (SSSR count). The van der Waals surface area contributed by atoms with Crippen molar-refractivity contribution in [2.24, 2.45) is 5.73 Å². The van der Waals surface area contributed by atoms with Crippen molar-refractivity contribution in [1.82, 2.24) is 0 Å². The summed E-state index contributed by atoms with van der Waals surface area (Å²) in [5, 5.41) is 21.4. The van der Waals surface area contributed by atoms with E-state index in [2.05, 4.69) is 5.32 Å². The fourth-order valence-corrected chi connectivity index (χ4v) is 1.74. The van der Waals surface area contributed by atoms with Gasteiger partial charge in [-0.15, -0.1) is 0 Å². The molecule has 22 heavy (non-hydrogen) atoms. The first-order chi connectivity index (χ1) is 10.0. The second-order valence-electron chi connectivity index (χ2n) is 5.68. The van der Waals surface area contributed by atoms with E-state index in [4.69, 9.17) is 27.2 Å². The standard InChI is InChI=1S/C14H19ClN2O5/c1-14(2,3)22-13(21)17-9-6-7(4-5-8(9)15)11(18)10(16)12(19)20/h4-6,10-11,18H,16H2,1-3H3,(H,17,21)(H,19,20). The maximum absolute atomic E-state index is 11.7. The molecule has 0 heterocycles. The van der Waals surface area contributed by atoms with Gasteiger partial charge < -0.3 is 20.7 Å². The van der Waals surface area contributed by atoms with E-state index in [0.29, 0.717) is 0 Å². The first kappa shape index (κ1) is 18.2. The largest absolute Gasteiger partial charge is 0.480 e. The predicted octanol–water partition coefficient (Wildman–Crippen LogP) is 2.13. The summed E-state index contributed by atoms with van der Waals surface area (Å²) < 4.78 is 5.09. The molecule has 1 amide bonds. The normalized spacial score (nSPS) is 14.1. The van der Waals surface area contributed by atoms with Crippen LogP contribution in [0.25, 0.3) is 0 Å². The monoisotopic (exact) mass is 330 g/mol. The second kappa shape index (κ2) is 6.95. The van der Waals surface area contributed by atoms with Crippen LogP contribution >= 0.6 is 11.6 Å². The molecule has 0 aliphatic carbocycles. The number of carbonyl (C=O) groups is 2. The molecule has 2 atom stereocenters. The Balaban J connectivity index is 2.95. The molecule has 0 saturated heterocycles. The zero-order chi connectivity index (χ0) is 17.1. The molecular weight excluding hydrogens is 312 g/mol. The Kier molecular flexibility index (Phi) is 5.76. The van der Waals surface area contributed by atoms with Crippen LogP contribution in [-0.2, 0) is 9.53 Å². The number of carboxylic acid groups (broad SMARTS) is 1. The lowest BCUT2D eigenvalue weighted by atomic mass is 10.0. The Hall–Kier alpha value is -1.83. The van der Waals surface area contributed by atoms with Crippen LogP contribution in [0.2, 0.25) is 5.02 Å². The quantitative estimate of drug-likeness (QED) is 0.671. The maximum Gasteiger partial charge on any atom is 0.412 e. The summed E-state index contributed by atoms with van der Waals surface area (Å²) in [4.78, 5) is 22.5. The number of nitrogens with two attached hydrogens (primary N) is 1. The molecule has 1 aromatic carbocycles. The van der Waals surface area contributed by atoms with Gasteiger partial charge in [0.05, 0.1) is 10.7 Å². The maximum atomic E-state index is 11.7. The van der Waals surface area contributed by atoms with Crippen LogP contribution in [0.1, 0.15) is 32.4 Å². The van der Waals surface area contributed by atoms with Crippen LogP contribution in [0.4, 0.5) is 10.5 Å². The van der Waals surface area contributed by atoms with Gasteiger partial charge in [0.1, 0.15) is 17.7 Å². The lowest BCUT2D eigenvalue weighted by Crippen LogP contribution is -2.36. The minimum Gasteiger partial charge on any atom is -0.480 e. The van der Waals surface area contributed by atoms with Gasteiger partial charge in [-0.3, -0.25) is 10.1 Å². The van der Waals surface area contributed by atoms with Crippen molar-refractivity contribution in [1.29, 1.82) is 0 Å². The first-order valence-corrected chi connectivity index (χ1v) is 6.85. The fourth-order valence-electron chi connectivity index (χ4n) is 1.58. The zero-order valence-electron chi connectivity index (χ0n) is 12.5. The molecule has 0 aliphatic rings. The number of carbonyl (C=O) groups excluding carboxylic acids is 1. The average molecular weight is 331 g/mol. The number of benzene rings is 1. The number of anilines is 1. The van der Waals surface area contributed by atoms with Crippen LogP contribution in [0.15, 0.2) is 18.2 Å². The Morgan fingerprint density at radius 2 is 1.95 bits per heavy atom. The highest BCUT2D eigenvalue weighted by Crippen LogP contribution is 2.27. The van der Waals surface area contributed by atoms with Crippen LogP contribution in [0.5, 0.6) is 0 Å². The van der Waals surface area contributed by atoms with Crippen molar-refractivity contribution in [3.8, 4) is 0 Å². The van der Waals surface area contributed by atoms with Crippen molar-refractivity contribution >= 4 is 29.4 Å². The van der Waals surface area contributed by atoms with Crippen LogP contribution < -0.4 is 11.1 Å². The van der Waals surface area contributed by atoms with Gasteiger partial charge in [0, 0.05) is 0 Å². The SMILES string of the molecule is CC(C)(C)OC(=O)Nc1cc(C(O)C(N)C(=O)O)ccc1Cl. The van der Waals surface area contributed by atoms with Crippen LogP contribution in [0, 0.1) is 0 Å². The number of aliphatic hydroxyl groups excluding tert-OH is 1. The van der Waals surface area contributed by atoms with E-state index >= 15 is 0 Å². The molecule has 7 nitrogen and oxygen atoms in total. The van der Waals surface area contributed by atoms with Gasteiger partial charge in [-0.05, 0) is 38.5 Å². The molecule has 0 radical (unpaired) electrons. The van der Waals surface area contributed by atoms with Crippen molar-refractivity contribution in [3.05, 3.63) is 28.8 Å². The van der Waals surface area contributed by atoms with E-state index in [0.717, 1.165) is 0 Å². The van der Waals surface area contributed by atoms with Gasteiger partial charge in [-0.25, -0.2) is 4.79 Å². The highest BCUT2D eigenvalue weighted by Gasteiger charge is 2.24.